The maximum atomic E-state index is 12.3. The van der Waals surface area contributed by atoms with Crippen molar-refractivity contribution < 1.29 is 57.5 Å². The predicted octanol–water partition coefficient (Wildman–Crippen LogP) is 2.40. The lowest BCUT2D eigenvalue weighted by Gasteiger charge is -2.35. The molecular weight excluding hydrogens is 606 g/mol. The molecular formula is C26H33N5O14. The van der Waals surface area contributed by atoms with Crippen LogP contribution >= 0.6 is 0 Å². The smallest absolute Gasteiger partial charge is 0.303 e. The van der Waals surface area contributed by atoms with Gasteiger partial charge in [0.15, 0.2) is 18.3 Å². The van der Waals surface area contributed by atoms with Gasteiger partial charge in [0.1, 0.15) is 12.3 Å². The minimum absolute atomic E-state index is 0.0698. The van der Waals surface area contributed by atoms with Crippen LogP contribution in [0.5, 0.6) is 0 Å². The molecule has 0 unspecified atom stereocenters. The quantitative estimate of drug-likeness (QED) is 0.0845. The number of non-ortho nitro benzene ring substituents is 1. The zero-order valence-electron chi connectivity index (χ0n) is 25.0. The van der Waals surface area contributed by atoms with E-state index in [0.29, 0.717) is 0 Å². The number of nitrogens with one attached hydrogen (secondary N) is 1. The number of hydrazone groups is 1. The van der Waals surface area contributed by atoms with E-state index in [1.165, 1.54) is 6.21 Å². The largest absolute Gasteiger partial charge is 0.462 e. The van der Waals surface area contributed by atoms with Gasteiger partial charge in [-0.25, -0.2) is 0 Å². The summed E-state index contributed by atoms with van der Waals surface area (Å²) >= 11 is 0. The fourth-order valence-electron chi connectivity index (χ4n) is 4.21. The molecule has 0 spiro atoms. The van der Waals surface area contributed by atoms with Crippen molar-refractivity contribution >= 4 is 52.9 Å². The van der Waals surface area contributed by atoms with E-state index >= 15 is 0 Å². The molecule has 19 heteroatoms. The molecule has 0 aromatic heterocycles. The lowest BCUT2D eigenvalue weighted by molar-refractivity contribution is -0.393. The summed E-state index contributed by atoms with van der Waals surface area (Å²) in [5, 5.41) is 30.6. The molecule has 0 radical (unpaired) electrons. The second kappa shape index (κ2) is 17.2. The van der Waals surface area contributed by atoms with E-state index < -0.39 is 82.2 Å². The van der Waals surface area contributed by atoms with Crippen LogP contribution in [0.15, 0.2) is 28.5 Å². The summed E-state index contributed by atoms with van der Waals surface area (Å²) < 4.78 is 26.9. The van der Waals surface area contributed by atoms with Crippen molar-refractivity contribution in [3.05, 3.63) is 38.4 Å². The van der Waals surface area contributed by atoms with Crippen LogP contribution in [0.25, 0.3) is 0 Å². The Morgan fingerprint density at radius 3 is 2.22 bits per heavy atom. The first kappa shape index (κ1) is 36.0. The highest BCUT2D eigenvalue weighted by atomic mass is 16.8. The summed E-state index contributed by atoms with van der Waals surface area (Å²) in [7, 11) is 0. The number of hydrogen-bond acceptors (Lipinski definition) is 17. The van der Waals surface area contributed by atoms with Crippen LogP contribution in [-0.4, -0.2) is 83.5 Å². The lowest BCUT2D eigenvalue weighted by atomic mass is 9.86. The summed E-state index contributed by atoms with van der Waals surface area (Å²) in [4.78, 5) is 74.3. The number of nitro groups is 2. The second-order valence-corrected chi connectivity index (χ2v) is 9.36. The standard InChI is InChI=1S/C26H33N5O14/c1-6-40-24-12-21(29-45-24)19(9-10-27-28-20-8-7-18(30(36)37)11-22(20)31(38)39)25(43-16(4)34)26(44-17(5)35)23(42-15(3)33)13-41-14(2)32/h7-8,10-11,19,23-26,28H,6,9,12-13H2,1-5H3/b27-10+/t19-,23-,24-,25-,26-/m1/s1. The molecule has 0 saturated carbocycles. The Bertz CT molecular complexity index is 1330. The Balaban J connectivity index is 2.53. The van der Waals surface area contributed by atoms with E-state index in [1.807, 2.05) is 0 Å². The summed E-state index contributed by atoms with van der Waals surface area (Å²) in [6.45, 7) is 5.76. The monoisotopic (exact) mass is 639 g/mol. The molecule has 1 aliphatic heterocycles. The number of hydrogen-bond donors (Lipinski definition) is 1. The third kappa shape index (κ3) is 11.4. The number of nitro benzene ring substituents is 2. The highest BCUT2D eigenvalue weighted by Crippen LogP contribution is 2.31. The van der Waals surface area contributed by atoms with Crippen LogP contribution in [0.4, 0.5) is 17.1 Å². The van der Waals surface area contributed by atoms with Crippen molar-refractivity contribution in [3.8, 4) is 0 Å². The van der Waals surface area contributed by atoms with Gasteiger partial charge in [-0.1, -0.05) is 5.16 Å². The average molecular weight is 640 g/mol. The molecule has 246 valence electrons. The molecule has 0 amide bonds. The number of oxime groups is 1. The number of esters is 4. The SMILES string of the molecule is CCO[C@H]1CC([C@@H](C/C=N/Nc2ccc([N+](=O)[O-])cc2[N+](=O)[O-])[C@@H](OC(C)=O)[C@H](OC(C)=O)[C@@H](COC(C)=O)OC(C)=O)=NO1. The van der Waals surface area contributed by atoms with Crippen LogP contribution in [-0.2, 0) is 47.7 Å². The van der Waals surface area contributed by atoms with Gasteiger partial charge >= 0.3 is 29.6 Å². The van der Waals surface area contributed by atoms with Gasteiger partial charge < -0.3 is 28.5 Å². The van der Waals surface area contributed by atoms with E-state index in [1.54, 1.807) is 6.92 Å². The highest BCUT2D eigenvalue weighted by molar-refractivity contribution is 5.90. The van der Waals surface area contributed by atoms with Crippen LogP contribution in [0.1, 0.15) is 47.5 Å². The van der Waals surface area contributed by atoms with Gasteiger partial charge in [0.25, 0.3) is 5.69 Å². The van der Waals surface area contributed by atoms with Crippen molar-refractivity contribution in [2.75, 3.05) is 18.6 Å². The number of rotatable bonds is 17. The van der Waals surface area contributed by atoms with Gasteiger partial charge in [0, 0.05) is 52.5 Å². The van der Waals surface area contributed by atoms with E-state index in [-0.39, 0.29) is 30.8 Å². The minimum Gasteiger partial charge on any atom is -0.462 e. The van der Waals surface area contributed by atoms with Crippen LogP contribution in [0.3, 0.4) is 0 Å². The number of anilines is 1. The second-order valence-electron chi connectivity index (χ2n) is 9.36. The summed E-state index contributed by atoms with van der Waals surface area (Å²) in [5.41, 5.74) is 1.43. The molecule has 45 heavy (non-hydrogen) atoms. The molecule has 0 saturated heterocycles. The van der Waals surface area contributed by atoms with Crippen LogP contribution in [0.2, 0.25) is 0 Å². The maximum Gasteiger partial charge on any atom is 0.303 e. The van der Waals surface area contributed by atoms with Gasteiger partial charge in [0.2, 0.25) is 6.29 Å². The lowest BCUT2D eigenvalue weighted by Crippen LogP contribution is -2.52. The van der Waals surface area contributed by atoms with Crippen molar-refractivity contribution in [1.82, 2.24) is 0 Å². The molecule has 0 fully saturated rings. The third-order valence-electron chi connectivity index (χ3n) is 5.93. The van der Waals surface area contributed by atoms with Gasteiger partial charge in [-0.05, 0) is 19.4 Å². The molecule has 0 aliphatic carbocycles. The van der Waals surface area contributed by atoms with E-state index in [9.17, 15) is 39.4 Å². The number of carbonyl (C=O) groups excluding carboxylic acids is 4. The van der Waals surface area contributed by atoms with Gasteiger partial charge in [-0.2, -0.15) is 5.10 Å². The predicted molar refractivity (Wildman–Crippen MR) is 152 cm³/mol. The minimum atomic E-state index is -1.54. The fourth-order valence-corrected chi connectivity index (χ4v) is 4.21. The molecule has 19 nitrogen and oxygen atoms in total. The topological polar surface area (TPSA) is 247 Å². The van der Waals surface area contributed by atoms with Crippen molar-refractivity contribution in [2.45, 2.75) is 72.1 Å². The third-order valence-corrected chi connectivity index (χ3v) is 5.93. The molecule has 2 rings (SSSR count). The van der Waals surface area contributed by atoms with E-state index in [0.717, 1.165) is 45.9 Å². The molecule has 1 heterocycles. The Labute approximate surface area is 256 Å². The number of benzene rings is 1. The zero-order valence-corrected chi connectivity index (χ0v) is 25.0. The van der Waals surface area contributed by atoms with Crippen LogP contribution in [0, 0.1) is 26.1 Å². The molecule has 1 N–H and O–H groups in total. The van der Waals surface area contributed by atoms with E-state index in [4.69, 9.17) is 28.5 Å². The summed E-state index contributed by atoms with van der Waals surface area (Å²) in [5.74, 6) is -4.24. The molecule has 5 atom stereocenters. The first-order valence-electron chi connectivity index (χ1n) is 13.4. The number of carbonyl (C=O) groups is 4. The first-order chi connectivity index (χ1) is 21.2. The molecule has 1 aromatic carbocycles. The highest BCUT2D eigenvalue weighted by Gasteiger charge is 2.45. The number of nitrogens with zero attached hydrogens (tertiary/aromatic N) is 4. The van der Waals surface area contributed by atoms with E-state index in [2.05, 4.69) is 15.7 Å². The Morgan fingerprint density at radius 1 is 1.02 bits per heavy atom. The van der Waals surface area contributed by atoms with Crippen molar-refractivity contribution in [1.29, 1.82) is 0 Å². The van der Waals surface area contributed by atoms with Gasteiger partial charge in [0.05, 0.1) is 28.0 Å². The van der Waals surface area contributed by atoms with Gasteiger partial charge in [-0.3, -0.25) is 44.8 Å². The Hall–Kier alpha value is -5.20. The fraction of sp³-hybridized carbons (Fsp3) is 0.538. The van der Waals surface area contributed by atoms with Crippen molar-refractivity contribution in [3.63, 3.8) is 0 Å². The van der Waals surface area contributed by atoms with Gasteiger partial charge in [-0.15, -0.1) is 0 Å². The first-order valence-corrected chi connectivity index (χ1v) is 13.4. The maximum absolute atomic E-state index is 12.3. The molecule has 0 bridgehead atoms. The van der Waals surface area contributed by atoms with Crippen molar-refractivity contribution in [2.24, 2.45) is 16.2 Å². The Kier molecular flexibility index (Phi) is 13.7. The number of ether oxygens (including phenoxy) is 5. The average Bonchev–Trinajstić information content (AvgIpc) is 3.41. The normalized spacial score (nSPS) is 16.7. The van der Waals surface area contributed by atoms with Crippen LogP contribution < -0.4 is 5.43 Å². The summed E-state index contributed by atoms with van der Waals surface area (Å²) in [6, 6.07) is 2.91. The Morgan fingerprint density at radius 2 is 1.67 bits per heavy atom. The molecule has 1 aromatic rings. The zero-order chi connectivity index (χ0) is 33.7. The molecule has 1 aliphatic rings. The summed E-state index contributed by atoms with van der Waals surface area (Å²) in [6.07, 6.45) is -4.06.